The topological polar surface area (TPSA) is 77.0 Å². The SMILES string of the molecule is CC(O)Cc1nc(-c2cnn(C)c2)no1. The fourth-order valence-electron chi connectivity index (χ4n) is 1.24. The Morgan fingerprint density at radius 2 is 2.40 bits per heavy atom. The van der Waals surface area contributed by atoms with Gasteiger partial charge in [0.15, 0.2) is 0 Å². The minimum Gasteiger partial charge on any atom is -0.393 e. The molecule has 0 aliphatic carbocycles. The van der Waals surface area contributed by atoms with Gasteiger partial charge >= 0.3 is 0 Å². The summed E-state index contributed by atoms with van der Waals surface area (Å²) in [7, 11) is 1.82. The van der Waals surface area contributed by atoms with Gasteiger partial charge in [0.25, 0.3) is 0 Å². The van der Waals surface area contributed by atoms with Crippen LogP contribution in [0.15, 0.2) is 16.9 Å². The Morgan fingerprint density at radius 3 is 3.00 bits per heavy atom. The van der Waals surface area contributed by atoms with Gasteiger partial charge in [0.05, 0.1) is 24.3 Å². The van der Waals surface area contributed by atoms with Crippen molar-refractivity contribution in [2.45, 2.75) is 19.4 Å². The average molecular weight is 208 g/mol. The normalized spacial score (nSPS) is 13.0. The maximum absolute atomic E-state index is 9.15. The fraction of sp³-hybridized carbons (Fsp3) is 0.444. The van der Waals surface area contributed by atoms with E-state index in [-0.39, 0.29) is 0 Å². The Hall–Kier alpha value is -1.69. The summed E-state index contributed by atoms with van der Waals surface area (Å²) in [6.07, 6.45) is 3.36. The number of aliphatic hydroxyl groups is 1. The van der Waals surface area contributed by atoms with Gasteiger partial charge in [-0.05, 0) is 6.92 Å². The molecule has 2 rings (SSSR count). The number of hydrogen-bond donors (Lipinski definition) is 1. The Kier molecular flexibility index (Phi) is 2.51. The number of aliphatic hydroxyl groups excluding tert-OH is 1. The van der Waals surface area contributed by atoms with Crippen LogP contribution in [0.3, 0.4) is 0 Å². The number of rotatable bonds is 3. The molecule has 0 bridgehead atoms. The van der Waals surface area contributed by atoms with Gasteiger partial charge in [-0.1, -0.05) is 5.16 Å². The molecule has 2 aromatic rings. The summed E-state index contributed by atoms with van der Waals surface area (Å²) in [6, 6.07) is 0. The van der Waals surface area contributed by atoms with E-state index in [1.165, 1.54) is 0 Å². The van der Waals surface area contributed by atoms with Crippen LogP contribution in [0.5, 0.6) is 0 Å². The molecule has 1 unspecified atom stereocenters. The lowest BCUT2D eigenvalue weighted by molar-refractivity contribution is 0.181. The van der Waals surface area contributed by atoms with E-state index >= 15 is 0 Å². The van der Waals surface area contributed by atoms with Gasteiger partial charge in [0.2, 0.25) is 11.7 Å². The van der Waals surface area contributed by atoms with Crippen LogP contribution in [0.1, 0.15) is 12.8 Å². The van der Waals surface area contributed by atoms with Crippen molar-refractivity contribution in [2.24, 2.45) is 7.05 Å². The first-order chi connectivity index (χ1) is 7.15. The predicted octanol–water partition coefficient (Wildman–Crippen LogP) is 0.393. The zero-order valence-electron chi connectivity index (χ0n) is 8.58. The molecule has 1 N–H and O–H groups in total. The molecular formula is C9H12N4O2. The van der Waals surface area contributed by atoms with E-state index in [9.17, 15) is 0 Å². The quantitative estimate of drug-likeness (QED) is 0.789. The first kappa shape index (κ1) is 9.85. The lowest BCUT2D eigenvalue weighted by Crippen LogP contribution is -2.04. The highest BCUT2D eigenvalue weighted by Gasteiger charge is 2.11. The summed E-state index contributed by atoms with van der Waals surface area (Å²) >= 11 is 0. The van der Waals surface area contributed by atoms with Gasteiger partial charge in [-0.25, -0.2) is 0 Å². The van der Waals surface area contributed by atoms with Gasteiger partial charge in [0.1, 0.15) is 0 Å². The van der Waals surface area contributed by atoms with Crippen LogP contribution in [0.4, 0.5) is 0 Å². The first-order valence-corrected chi connectivity index (χ1v) is 4.65. The summed E-state index contributed by atoms with van der Waals surface area (Å²) in [5.41, 5.74) is 0.804. The highest BCUT2D eigenvalue weighted by molar-refractivity contribution is 5.50. The van der Waals surface area contributed by atoms with Gasteiger partial charge in [-0.2, -0.15) is 10.1 Å². The lowest BCUT2D eigenvalue weighted by Gasteiger charge is -1.95. The van der Waals surface area contributed by atoms with Crippen LogP contribution in [0.25, 0.3) is 11.4 Å². The molecule has 0 saturated carbocycles. The van der Waals surface area contributed by atoms with Crippen molar-refractivity contribution in [3.05, 3.63) is 18.3 Å². The first-order valence-electron chi connectivity index (χ1n) is 4.65. The van der Waals surface area contributed by atoms with E-state index < -0.39 is 6.10 Å². The maximum atomic E-state index is 9.15. The molecule has 0 radical (unpaired) electrons. The van der Waals surface area contributed by atoms with Crippen molar-refractivity contribution >= 4 is 0 Å². The van der Waals surface area contributed by atoms with Crippen molar-refractivity contribution < 1.29 is 9.63 Å². The van der Waals surface area contributed by atoms with E-state index in [1.807, 2.05) is 7.05 Å². The zero-order valence-corrected chi connectivity index (χ0v) is 8.58. The number of aromatic nitrogens is 4. The molecule has 0 saturated heterocycles. The molecule has 0 aliphatic heterocycles. The highest BCUT2D eigenvalue weighted by atomic mass is 16.5. The van der Waals surface area contributed by atoms with Crippen LogP contribution in [-0.4, -0.2) is 31.1 Å². The largest absolute Gasteiger partial charge is 0.393 e. The van der Waals surface area contributed by atoms with E-state index in [0.717, 1.165) is 5.56 Å². The molecule has 0 spiro atoms. The standard InChI is InChI=1S/C9H12N4O2/c1-6(14)3-8-11-9(12-15-8)7-4-10-13(2)5-7/h4-6,14H,3H2,1-2H3. The fourth-order valence-corrected chi connectivity index (χ4v) is 1.24. The average Bonchev–Trinajstić information content (AvgIpc) is 2.72. The van der Waals surface area contributed by atoms with Crippen molar-refractivity contribution in [1.29, 1.82) is 0 Å². The molecule has 2 aromatic heterocycles. The van der Waals surface area contributed by atoms with Crippen LogP contribution < -0.4 is 0 Å². The Balaban J connectivity index is 2.20. The van der Waals surface area contributed by atoms with Gasteiger partial charge in [-0.3, -0.25) is 4.68 Å². The summed E-state index contributed by atoms with van der Waals surface area (Å²) < 4.78 is 6.65. The lowest BCUT2D eigenvalue weighted by atomic mass is 10.3. The van der Waals surface area contributed by atoms with E-state index in [2.05, 4.69) is 15.2 Å². The maximum Gasteiger partial charge on any atom is 0.229 e. The summed E-state index contributed by atoms with van der Waals surface area (Å²) in [4.78, 5) is 4.14. The van der Waals surface area contributed by atoms with Crippen LogP contribution in [-0.2, 0) is 13.5 Å². The van der Waals surface area contributed by atoms with Crippen LogP contribution in [0, 0.1) is 0 Å². The zero-order chi connectivity index (χ0) is 10.8. The molecule has 0 amide bonds. The van der Waals surface area contributed by atoms with Crippen LogP contribution in [0.2, 0.25) is 0 Å². The Morgan fingerprint density at radius 1 is 1.60 bits per heavy atom. The van der Waals surface area contributed by atoms with Crippen molar-refractivity contribution in [3.8, 4) is 11.4 Å². The third-order valence-electron chi connectivity index (χ3n) is 1.90. The molecule has 15 heavy (non-hydrogen) atoms. The molecule has 0 aliphatic rings. The molecule has 0 fully saturated rings. The molecule has 80 valence electrons. The van der Waals surface area contributed by atoms with Crippen molar-refractivity contribution in [3.63, 3.8) is 0 Å². The van der Waals surface area contributed by atoms with Crippen molar-refractivity contribution in [1.82, 2.24) is 19.9 Å². The smallest absolute Gasteiger partial charge is 0.229 e. The Labute approximate surface area is 86.5 Å². The second kappa shape index (κ2) is 3.82. The molecular weight excluding hydrogens is 196 g/mol. The van der Waals surface area contributed by atoms with E-state index in [1.54, 1.807) is 24.0 Å². The highest BCUT2D eigenvalue weighted by Crippen LogP contribution is 2.14. The molecule has 6 nitrogen and oxygen atoms in total. The van der Waals surface area contributed by atoms with Gasteiger partial charge in [-0.15, -0.1) is 0 Å². The number of nitrogens with zero attached hydrogens (tertiary/aromatic N) is 4. The second-order valence-electron chi connectivity index (χ2n) is 3.47. The molecule has 1 atom stereocenters. The summed E-state index contributed by atoms with van der Waals surface area (Å²) in [5, 5.41) is 17.0. The van der Waals surface area contributed by atoms with E-state index in [0.29, 0.717) is 18.1 Å². The molecule has 0 aromatic carbocycles. The van der Waals surface area contributed by atoms with Crippen LogP contribution >= 0.6 is 0 Å². The number of hydrogen-bond acceptors (Lipinski definition) is 5. The van der Waals surface area contributed by atoms with E-state index in [4.69, 9.17) is 9.63 Å². The minimum atomic E-state index is -0.479. The number of aryl methyl sites for hydroxylation is 1. The predicted molar refractivity (Wildman–Crippen MR) is 51.9 cm³/mol. The summed E-state index contributed by atoms with van der Waals surface area (Å²) in [6.45, 7) is 1.67. The van der Waals surface area contributed by atoms with Crippen molar-refractivity contribution in [2.75, 3.05) is 0 Å². The third kappa shape index (κ3) is 2.21. The minimum absolute atomic E-state index is 0.368. The third-order valence-corrected chi connectivity index (χ3v) is 1.90. The monoisotopic (exact) mass is 208 g/mol. The van der Waals surface area contributed by atoms with Gasteiger partial charge in [0, 0.05) is 13.2 Å². The molecule has 6 heteroatoms. The van der Waals surface area contributed by atoms with Gasteiger partial charge < -0.3 is 9.63 Å². The Bertz CT molecular complexity index is 446. The second-order valence-corrected chi connectivity index (χ2v) is 3.47. The molecule has 2 heterocycles. The summed E-state index contributed by atoms with van der Waals surface area (Å²) in [5.74, 6) is 0.933.